The monoisotopic (exact) mass is 171 g/mol. The summed E-state index contributed by atoms with van der Waals surface area (Å²) in [5.74, 6) is -0.682. The fourth-order valence-electron chi connectivity index (χ4n) is 0.685. The zero-order valence-corrected chi connectivity index (χ0v) is 8.18. The number of Topliss-reactive ketones (excluding diaryl/α,β-unsaturated/α-hetero) is 1. The predicted octanol–water partition coefficient (Wildman–Crippen LogP) is 1.11. The molecular weight excluding hydrogens is 154 g/mol. The zero-order chi connectivity index (χ0) is 9.94. The van der Waals surface area contributed by atoms with E-state index in [9.17, 15) is 9.59 Å². The quantitative estimate of drug-likeness (QED) is 0.691. The van der Waals surface area contributed by atoms with Crippen LogP contribution in [-0.2, 0) is 9.59 Å². The molecule has 0 aliphatic heterocycles. The molecule has 0 aliphatic carbocycles. The van der Waals surface area contributed by atoms with Crippen LogP contribution in [0.3, 0.4) is 0 Å². The van der Waals surface area contributed by atoms with Crippen molar-refractivity contribution < 1.29 is 9.59 Å². The summed E-state index contributed by atoms with van der Waals surface area (Å²) in [6.45, 7) is 7.18. The number of nitrogens with two attached hydrogens (primary N) is 1. The van der Waals surface area contributed by atoms with Crippen LogP contribution < -0.4 is 5.73 Å². The maximum Gasteiger partial charge on any atom is 0.220 e. The highest BCUT2D eigenvalue weighted by Gasteiger charge is 2.24. The summed E-state index contributed by atoms with van der Waals surface area (Å²) in [6, 6.07) is 0. The molecular formula is C9H17NO2. The van der Waals surface area contributed by atoms with Gasteiger partial charge in [0.1, 0.15) is 5.78 Å². The molecule has 3 heteroatoms. The Morgan fingerprint density at radius 2 is 1.75 bits per heavy atom. The average Bonchev–Trinajstić information content (AvgIpc) is 1.85. The maximum absolute atomic E-state index is 11.4. The molecule has 0 aliphatic rings. The van der Waals surface area contributed by atoms with Crippen molar-refractivity contribution in [1.29, 1.82) is 0 Å². The van der Waals surface area contributed by atoms with Crippen LogP contribution in [0.2, 0.25) is 0 Å². The molecule has 0 aromatic rings. The first-order chi connectivity index (χ1) is 5.25. The third-order valence-electron chi connectivity index (χ3n) is 1.81. The molecule has 0 fully saturated rings. The highest BCUT2D eigenvalue weighted by Crippen LogP contribution is 2.19. The van der Waals surface area contributed by atoms with Crippen LogP contribution in [0, 0.1) is 11.3 Å². The molecule has 0 radical (unpaired) electrons. The Hall–Kier alpha value is -0.860. The lowest BCUT2D eigenvalue weighted by Gasteiger charge is -2.17. The Morgan fingerprint density at radius 1 is 1.33 bits per heavy atom. The third-order valence-corrected chi connectivity index (χ3v) is 1.81. The van der Waals surface area contributed by atoms with Crippen molar-refractivity contribution in [2.75, 3.05) is 0 Å². The molecule has 1 amide bonds. The minimum Gasteiger partial charge on any atom is -0.369 e. The molecule has 0 saturated heterocycles. The molecule has 0 spiro atoms. The lowest BCUT2D eigenvalue weighted by atomic mass is 9.85. The van der Waals surface area contributed by atoms with Crippen molar-refractivity contribution in [3.05, 3.63) is 0 Å². The van der Waals surface area contributed by atoms with Gasteiger partial charge in [-0.3, -0.25) is 9.59 Å². The van der Waals surface area contributed by atoms with Gasteiger partial charge < -0.3 is 5.73 Å². The summed E-state index contributed by atoms with van der Waals surface area (Å²) in [6.07, 6.45) is 0.249. The second-order valence-electron chi connectivity index (χ2n) is 4.18. The predicted molar refractivity (Wildman–Crippen MR) is 47.4 cm³/mol. The van der Waals surface area contributed by atoms with Gasteiger partial charge in [-0.2, -0.15) is 0 Å². The Labute approximate surface area is 73.3 Å². The van der Waals surface area contributed by atoms with Gasteiger partial charge in [0.25, 0.3) is 0 Å². The summed E-state index contributed by atoms with van der Waals surface area (Å²) in [7, 11) is 0. The number of carbonyl (C=O) groups excluding carboxylic acids is 2. The molecule has 2 N–H and O–H groups in total. The van der Waals surface area contributed by atoms with Gasteiger partial charge in [0, 0.05) is 17.8 Å². The largest absolute Gasteiger partial charge is 0.369 e. The Balaban J connectivity index is 4.11. The van der Waals surface area contributed by atoms with Gasteiger partial charge in [-0.05, 0) is 0 Å². The summed E-state index contributed by atoms with van der Waals surface area (Å²) >= 11 is 0. The topological polar surface area (TPSA) is 60.2 Å². The number of carbonyl (C=O) groups is 2. The van der Waals surface area contributed by atoms with Crippen molar-refractivity contribution in [1.82, 2.24) is 0 Å². The fraction of sp³-hybridized carbons (Fsp3) is 0.778. The van der Waals surface area contributed by atoms with Crippen molar-refractivity contribution in [2.24, 2.45) is 17.1 Å². The molecule has 0 unspecified atom stereocenters. The number of hydrogen-bond acceptors (Lipinski definition) is 2. The van der Waals surface area contributed by atoms with E-state index >= 15 is 0 Å². The van der Waals surface area contributed by atoms with Gasteiger partial charge in [-0.25, -0.2) is 0 Å². The van der Waals surface area contributed by atoms with E-state index in [-0.39, 0.29) is 23.5 Å². The van der Waals surface area contributed by atoms with Crippen LogP contribution in [0.5, 0.6) is 0 Å². The van der Waals surface area contributed by atoms with Crippen molar-refractivity contribution in [2.45, 2.75) is 34.1 Å². The van der Waals surface area contributed by atoms with Gasteiger partial charge in [-0.1, -0.05) is 27.7 Å². The van der Waals surface area contributed by atoms with Crippen LogP contribution in [0.4, 0.5) is 0 Å². The fourth-order valence-corrected chi connectivity index (χ4v) is 0.685. The van der Waals surface area contributed by atoms with Gasteiger partial charge in [-0.15, -0.1) is 0 Å². The minimum atomic E-state index is -0.410. The van der Waals surface area contributed by atoms with E-state index in [4.69, 9.17) is 5.73 Å². The molecule has 12 heavy (non-hydrogen) atoms. The van der Waals surface area contributed by atoms with E-state index < -0.39 is 5.91 Å². The second kappa shape index (κ2) is 3.70. The Bertz CT molecular complexity index is 191. The molecule has 0 aromatic carbocycles. The van der Waals surface area contributed by atoms with Gasteiger partial charge in [0.05, 0.1) is 0 Å². The Kier molecular flexibility index (Phi) is 3.43. The first kappa shape index (κ1) is 11.1. The molecule has 0 aromatic heterocycles. The molecule has 0 bridgehead atoms. The van der Waals surface area contributed by atoms with E-state index in [2.05, 4.69) is 0 Å². The number of amides is 1. The van der Waals surface area contributed by atoms with E-state index in [1.165, 1.54) is 0 Å². The van der Waals surface area contributed by atoms with Crippen molar-refractivity contribution in [3.8, 4) is 0 Å². The number of ketones is 1. The number of rotatable bonds is 3. The lowest BCUT2D eigenvalue weighted by Crippen LogP contribution is -2.28. The van der Waals surface area contributed by atoms with E-state index in [0.717, 1.165) is 0 Å². The molecule has 0 saturated carbocycles. The van der Waals surface area contributed by atoms with Crippen molar-refractivity contribution in [3.63, 3.8) is 0 Å². The second-order valence-corrected chi connectivity index (χ2v) is 4.18. The van der Waals surface area contributed by atoms with E-state index in [1.807, 2.05) is 20.8 Å². The van der Waals surface area contributed by atoms with Crippen molar-refractivity contribution >= 4 is 11.7 Å². The normalized spacial score (nSPS) is 14.0. The average molecular weight is 171 g/mol. The smallest absolute Gasteiger partial charge is 0.220 e. The first-order valence-electron chi connectivity index (χ1n) is 4.07. The lowest BCUT2D eigenvalue weighted by molar-refractivity contribution is -0.131. The van der Waals surface area contributed by atoms with Gasteiger partial charge in [0.2, 0.25) is 5.91 Å². The number of primary amides is 1. The van der Waals surface area contributed by atoms with Crippen LogP contribution in [0.15, 0.2) is 0 Å². The number of hydrogen-bond donors (Lipinski definition) is 1. The maximum atomic E-state index is 11.4. The summed E-state index contributed by atoms with van der Waals surface area (Å²) < 4.78 is 0. The van der Waals surface area contributed by atoms with Gasteiger partial charge >= 0.3 is 0 Å². The SMILES string of the molecule is C[C@@H](CC(=O)C(C)(C)C)C(N)=O. The first-order valence-corrected chi connectivity index (χ1v) is 4.07. The molecule has 3 nitrogen and oxygen atoms in total. The van der Waals surface area contributed by atoms with Crippen LogP contribution >= 0.6 is 0 Å². The van der Waals surface area contributed by atoms with Crippen LogP contribution in [0.1, 0.15) is 34.1 Å². The van der Waals surface area contributed by atoms with Crippen LogP contribution in [-0.4, -0.2) is 11.7 Å². The van der Waals surface area contributed by atoms with E-state index in [1.54, 1.807) is 6.92 Å². The molecule has 1 atom stereocenters. The third kappa shape index (κ3) is 3.51. The zero-order valence-electron chi connectivity index (χ0n) is 8.18. The highest BCUT2D eigenvalue weighted by molar-refractivity contribution is 5.88. The highest BCUT2D eigenvalue weighted by atomic mass is 16.1. The summed E-state index contributed by atoms with van der Waals surface area (Å²) in [5, 5.41) is 0. The molecule has 70 valence electrons. The van der Waals surface area contributed by atoms with Crippen LogP contribution in [0.25, 0.3) is 0 Å². The minimum absolute atomic E-state index is 0.0776. The molecule has 0 rings (SSSR count). The Morgan fingerprint density at radius 3 is 2.00 bits per heavy atom. The standard InChI is InChI=1S/C9H17NO2/c1-6(8(10)12)5-7(11)9(2,3)4/h6H,5H2,1-4H3,(H2,10,12)/t6-/m0/s1. The van der Waals surface area contributed by atoms with E-state index in [0.29, 0.717) is 0 Å². The summed E-state index contributed by atoms with van der Waals surface area (Å²) in [5.41, 5.74) is 4.67. The molecule has 0 heterocycles. The summed E-state index contributed by atoms with van der Waals surface area (Å²) in [4.78, 5) is 22.0. The van der Waals surface area contributed by atoms with Gasteiger partial charge in [0.15, 0.2) is 0 Å².